The van der Waals surface area contributed by atoms with Gasteiger partial charge in [0, 0.05) is 0 Å². The molecule has 56 valence electrons. The third-order valence-corrected chi connectivity index (χ3v) is 4.97. The molecule has 4 aliphatic carbocycles. The summed E-state index contributed by atoms with van der Waals surface area (Å²) in [6, 6.07) is 0. The summed E-state index contributed by atoms with van der Waals surface area (Å²) < 4.78 is 0. The fourth-order valence-corrected chi connectivity index (χ4v) is 4.28. The molecule has 0 aliphatic heterocycles. The van der Waals surface area contributed by atoms with Gasteiger partial charge in [-0.3, -0.25) is 0 Å². The van der Waals surface area contributed by atoms with E-state index in [1.165, 1.54) is 0 Å². The first kappa shape index (κ1) is 5.62. The maximum Gasteiger partial charge on any atom is -0.0266 e. The molecule has 0 amide bonds. The molecule has 0 spiro atoms. The van der Waals surface area contributed by atoms with Gasteiger partial charge in [0.15, 0.2) is 0 Å². The van der Waals surface area contributed by atoms with Crippen LogP contribution in [0.2, 0.25) is 0 Å². The van der Waals surface area contributed by atoms with Crippen molar-refractivity contribution in [3.8, 4) is 0 Å². The molecule has 0 nitrogen and oxygen atoms in total. The van der Waals surface area contributed by atoms with Crippen LogP contribution < -0.4 is 0 Å². The quantitative estimate of drug-likeness (QED) is 0.480. The highest BCUT2D eigenvalue weighted by Crippen LogP contribution is 2.76. The van der Waals surface area contributed by atoms with Crippen LogP contribution in [0.5, 0.6) is 0 Å². The Morgan fingerprint density at radius 2 is 1.10 bits per heavy atom. The lowest BCUT2D eigenvalue weighted by Gasteiger charge is -2.34. The highest BCUT2D eigenvalue weighted by molar-refractivity contribution is 5.16. The SMILES string of the molecule is CC12CC3CC1(C)CC3C2. The minimum atomic E-state index is 0.780. The van der Waals surface area contributed by atoms with Gasteiger partial charge in [-0.2, -0.15) is 0 Å². The molecule has 4 aliphatic rings. The first-order valence-electron chi connectivity index (χ1n) is 4.63. The summed E-state index contributed by atoms with van der Waals surface area (Å²) in [4.78, 5) is 0. The fourth-order valence-electron chi connectivity index (χ4n) is 4.28. The molecule has 4 bridgehead atoms. The van der Waals surface area contributed by atoms with E-state index in [0.29, 0.717) is 0 Å². The molecule has 0 aromatic heterocycles. The van der Waals surface area contributed by atoms with Crippen molar-refractivity contribution in [1.29, 1.82) is 0 Å². The minimum Gasteiger partial charge on any atom is -0.0591 e. The molecule has 0 heteroatoms. The molecule has 0 N–H and O–H groups in total. The fraction of sp³-hybridized carbons (Fsp3) is 1.00. The number of rotatable bonds is 0. The van der Waals surface area contributed by atoms with Gasteiger partial charge in [-0.05, 0) is 48.3 Å². The molecule has 0 radical (unpaired) electrons. The maximum atomic E-state index is 2.53. The largest absolute Gasteiger partial charge is 0.0591 e. The number of hydrogen-bond donors (Lipinski definition) is 0. The molecule has 4 rings (SSSR count). The molecule has 0 atom stereocenters. The molecular weight excluding hydrogens is 120 g/mol. The van der Waals surface area contributed by atoms with Crippen LogP contribution in [0.25, 0.3) is 0 Å². The summed E-state index contributed by atoms with van der Waals surface area (Å²) in [6.07, 6.45) is 6.25. The van der Waals surface area contributed by atoms with Gasteiger partial charge >= 0.3 is 0 Å². The highest BCUT2D eigenvalue weighted by atomic mass is 14.7. The van der Waals surface area contributed by atoms with Gasteiger partial charge in [0.05, 0.1) is 0 Å². The van der Waals surface area contributed by atoms with Crippen LogP contribution in [0.4, 0.5) is 0 Å². The van der Waals surface area contributed by atoms with E-state index in [1.54, 1.807) is 25.7 Å². The predicted octanol–water partition coefficient (Wildman–Crippen LogP) is 2.83. The second kappa shape index (κ2) is 1.19. The first-order chi connectivity index (χ1) is 4.63. The van der Waals surface area contributed by atoms with Gasteiger partial charge in [0.25, 0.3) is 0 Å². The van der Waals surface area contributed by atoms with Gasteiger partial charge in [-0.1, -0.05) is 13.8 Å². The lowest BCUT2D eigenvalue weighted by molar-refractivity contribution is 0.157. The van der Waals surface area contributed by atoms with Crippen molar-refractivity contribution < 1.29 is 0 Å². The molecule has 10 heavy (non-hydrogen) atoms. The van der Waals surface area contributed by atoms with Crippen molar-refractivity contribution in [3.05, 3.63) is 0 Å². The van der Waals surface area contributed by atoms with Crippen molar-refractivity contribution in [2.24, 2.45) is 22.7 Å². The molecule has 0 unspecified atom stereocenters. The Morgan fingerprint density at radius 3 is 1.20 bits per heavy atom. The summed E-state index contributed by atoms with van der Waals surface area (Å²) in [5.41, 5.74) is 1.56. The van der Waals surface area contributed by atoms with Gasteiger partial charge in [0.1, 0.15) is 0 Å². The van der Waals surface area contributed by atoms with Gasteiger partial charge < -0.3 is 0 Å². The smallest absolute Gasteiger partial charge is 0.0266 e. The van der Waals surface area contributed by atoms with Crippen LogP contribution in [0.1, 0.15) is 39.5 Å². The van der Waals surface area contributed by atoms with Crippen LogP contribution in [0, 0.1) is 22.7 Å². The van der Waals surface area contributed by atoms with E-state index in [0.717, 1.165) is 22.7 Å². The van der Waals surface area contributed by atoms with Crippen molar-refractivity contribution in [2.75, 3.05) is 0 Å². The molecule has 4 saturated carbocycles. The van der Waals surface area contributed by atoms with E-state index >= 15 is 0 Å². The van der Waals surface area contributed by atoms with Crippen LogP contribution >= 0.6 is 0 Å². The third kappa shape index (κ3) is 0.360. The summed E-state index contributed by atoms with van der Waals surface area (Å²) in [7, 11) is 0. The Kier molecular flexibility index (Phi) is 0.669. The Balaban J connectivity index is 2.17. The highest BCUT2D eigenvalue weighted by Gasteiger charge is 2.66. The topological polar surface area (TPSA) is 0 Å². The minimum absolute atomic E-state index is 0.780. The zero-order valence-corrected chi connectivity index (χ0v) is 6.98. The second-order valence-electron chi connectivity index (χ2n) is 5.46. The van der Waals surface area contributed by atoms with Gasteiger partial charge in [-0.15, -0.1) is 0 Å². The van der Waals surface area contributed by atoms with Gasteiger partial charge in [-0.25, -0.2) is 0 Å². The third-order valence-electron chi connectivity index (χ3n) is 4.97. The second-order valence-corrected chi connectivity index (χ2v) is 5.46. The average molecular weight is 136 g/mol. The van der Waals surface area contributed by atoms with Crippen molar-refractivity contribution in [1.82, 2.24) is 0 Å². The molecule has 0 aromatic carbocycles. The first-order valence-corrected chi connectivity index (χ1v) is 4.63. The lowest BCUT2D eigenvalue weighted by atomic mass is 9.71. The lowest BCUT2D eigenvalue weighted by Crippen LogP contribution is -2.25. The molecule has 0 aromatic rings. The van der Waals surface area contributed by atoms with Crippen LogP contribution in [-0.4, -0.2) is 0 Å². The molecule has 0 saturated heterocycles. The van der Waals surface area contributed by atoms with E-state index in [9.17, 15) is 0 Å². The van der Waals surface area contributed by atoms with Crippen LogP contribution in [0.15, 0.2) is 0 Å². The van der Waals surface area contributed by atoms with Crippen LogP contribution in [0.3, 0.4) is 0 Å². The summed E-state index contributed by atoms with van der Waals surface area (Å²) in [5, 5.41) is 0. The molecule has 4 fully saturated rings. The summed E-state index contributed by atoms with van der Waals surface area (Å²) in [6.45, 7) is 5.06. The summed E-state index contributed by atoms with van der Waals surface area (Å²) >= 11 is 0. The van der Waals surface area contributed by atoms with E-state index < -0.39 is 0 Å². The van der Waals surface area contributed by atoms with E-state index in [2.05, 4.69) is 13.8 Å². The van der Waals surface area contributed by atoms with E-state index in [1.807, 2.05) is 0 Å². The Labute approximate surface area is 63.0 Å². The molecular formula is C10H16. The Bertz CT molecular complexity index is 158. The molecule has 0 heterocycles. The van der Waals surface area contributed by atoms with Gasteiger partial charge in [0.2, 0.25) is 0 Å². The van der Waals surface area contributed by atoms with E-state index in [-0.39, 0.29) is 0 Å². The normalized spacial score (nSPS) is 70.2. The Morgan fingerprint density at radius 1 is 0.800 bits per heavy atom. The van der Waals surface area contributed by atoms with Crippen LogP contribution in [-0.2, 0) is 0 Å². The number of hydrogen-bond acceptors (Lipinski definition) is 0. The zero-order chi connectivity index (χ0) is 6.98. The standard InChI is InChI=1S/C10H16/c1-9-3-7-5-10(9,2)6-8(7)4-9/h7-8H,3-6H2,1-2H3. The van der Waals surface area contributed by atoms with E-state index in [4.69, 9.17) is 0 Å². The van der Waals surface area contributed by atoms with Crippen molar-refractivity contribution in [2.45, 2.75) is 39.5 Å². The zero-order valence-electron chi connectivity index (χ0n) is 6.98. The predicted molar refractivity (Wildman–Crippen MR) is 41.7 cm³/mol. The monoisotopic (exact) mass is 136 g/mol. The van der Waals surface area contributed by atoms with Crippen molar-refractivity contribution >= 4 is 0 Å². The van der Waals surface area contributed by atoms with Crippen molar-refractivity contribution in [3.63, 3.8) is 0 Å². The average Bonchev–Trinajstić information content (AvgIpc) is 2.27. The summed E-state index contributed by atoms with van der Waals surface area (Å²) in [5.74, 6) is 2.30. The Hall–Kier alpha value is 0. The maximum absolute atomic E-state index is 2.53.